The lowest BCUT2D eigenvalue weighted by Crippen LogP contribution is -2.33. The first-order valence-electron chi connectivity index (χ1n) is 10.5. The first-order valence-corrected chi connectivity index (χ1v) is 10.5. The van der Waals surface area contributed by atoms with E-state index in [4.69, 9.17) is 5.26 Å². The van der Waals surface area contributed by atoms with E-state index in [9.17, 15) is 14.9 Å². The maximum Gasteiger partial charge on any atom is 0.272 e. The van der Waals surface area contributed by atoms with Crippen LogP contribution in [0.1, 0.15) is 22.5 Å². The van der Waals surface area contributed by atoms with Gasteiger partial charge in [-0.25, -0.2) is 4.68 Å². The Kier molecular flexibility index (Phi) is 6.70. The van der Waals surface area contributed by atoms with Gasteiger partial charge in [-0.05, 0) is 29.8 Å². The fraction of sp³-hybridized carbons (Fsp3) is 0.120. The highest BCUT2D eigenvalue weighted by Crippen LogP contribution is 2.24. The standard InChI is InChI=1S/C25H20N6O3/c26-13-5-15-29(18-19-6-4-14-27-17-19)25(32)24-16-23(20-7-2-1-3-8-20)28-30(24)21-9-11-22(12-10-21)31(33)34/h1-4,6-12,14,16-17H,5,15,18H2. The van der Waals surface area contributed by atoms with Crippen LogP contribution >= 0.6 is 0 Å². The fourth-order valence-corrected chi connectivity index (χ4v) is 3.51. The molecule has 0 N–H and O–H groups in total. The predicted octanol–water partition coefficient (Wildman–Crippen LogP) is 4.40. The van der Waals surface area contributed by atoms with E-state index in [1.165, 1.54) is 16.8 Å². The Morgan fingerprint density at radius 2 is 1.85 bits per heavy atom. The molecule has 0 saturated carbocycles. The summed E-state index contributed by atoms with van der Waals surface area (Å²) >= 11 is 0. The van der Waals surface area contributed by atoms with Crippen LogP contribution in [0, 0.1) is 21.4 Å². The topological polar surface area (TPSA) is 118 Å². The molecule has 0 aliphatic heterocycles. The maximum absolute atomic E-state index is 13.7. The highest BCUT2D eigenvalue weighted by molar-refractivity contribution is 5.94. The van der Waals surface area contributed by atoms with Gasteiger partial charge in [0.05, 0.1) is 28.8 Å². The lowest BCUT2D eigenvalue weighted by Gasteiger charge is -2.22. The summed E-state index contributed by atoms with van der Waals surface area (Å²) in [5, 5.41) is 24.8. The molecule has 2 aromatic heterocycles. The third-order valence-electron chi connectivity index (χ3n) is 5.18. The summed E-state index contributed by atoms with van der Waals surface area (Å²) in [4.78, 5) is 30.0. The molecule has 0 atom stereocenters. The van der Waals surface area contributed by atoms with Crippen LogP contribution in [0.15, 0.2) is 85.2 Å². The van der Waals surface area contributed by atoms with Gasteiger partial charge in [0.15, 0.2) is 0 Å². The molecule has 4 rings (SSSR count). The summed E-state index contributed by atoms with van der Waals surface area (Å²) in [5.74, 6) is -0.313. The summed E-state index contributed by atoms with van der Waals surface area (Å²) in [6.45, 7) is 0.511. The van der Waals surface area contributed by atoms with Crippen molar-refractivity contribution in [2.45, 2.75) is 13.0 Å². The molecule has 1 amide bonds. The molecule has 0 aliphatic rings. The number of hydrogen-bond donors (Lipinski definition) is 0. The van der Waals surface area contributed by atoms with Gasteiger partial charge in [-0.3, -0.25) is 19.9 Å². The zero-order valence-corrected chi connectivity index (χ0v) is 18.1. The van der Waals surface area contributed by atoms with Crippen molar-refractivity contribution in [2.24, 2.45) is 0 Å². The Balaban J connectivity index is 1.77. The fourth-order valence-electron chi connectivity index (χ4n) is 3.51. The van der Waals surface area contributed by atoms with Crippen molar-refractivity contribution in [3.8, 4) is 23.0 Å². The van der Waals surface area contributed by atoms with Crippen molar-refractivity contribution in [2.75, 3.05) is 6.54 Å². The molecule has 168 valence electrons. The average Bonchev–Trinajstić information content (AvgIpc) is 3.33. The number of carbonyl (C=O) groups excluding carboxylic acids is 1. The number of pyridine rings is 1. The van der Waals surface area contributed by atoms with Gasteiger partial charge in [0.1, 0.15) is 5.69 Å². The minimum Gasteiger partial charge on any atom is -0.332 e. The van der Waals surface area contributed by atoms with Gasteiger partial charge in [-0.1, -0.05) is 36.4 Å². The molecule has 34 heavy (non-hydrogen) atoms. The Bertz CT molecular complexity index is 1330. The summed E-state index contributed by atoms with van der Waals surface area (Å²) < 4.78 is 1.48. The van der Waals surface area contributed by atoms with E-state index in [1.54, 1.807) is 41.6 Å². The minimum absolute atomic E-state index is 0.0562. The van der Waals surface area contributed by atoms with Crippen LogP contribution in [-0.2, 0) is 6.54 Å². The van der Waals surface area contributed by atoms with E-state index in [0.717, 1.165) is 11.1 Å². The molecular formula is C25H20N6O3. The Morgan fingerprint density at radius 3 is 2.50 bits per heavy atom. The minimum atomic E-state index is -0.480. The summed E-state index contributed by atoms with van der Waals surface area (Å²) in [7, 11) is 0. The van der Waals surface area contributed by atoms with Gasteiger partial charge < -0.3 is 4.90 Å². The molecule has 0 spiro atoms. The van der Waals surface area contributed by atoms with Crippen molar-refractivity contribution in [1.82, 2.24) is 19.7 Å². The number of amides is 1. The van der Waals surface area contributed by atoms with Crippen molar-refractivity contribution in [3.63, 3.8) is 0 Å². The predicted molar refractivity (Wildman–Crippen MR) is 125 cm³/mol. The molecule has 0 unspecified atom stereocenters. The molecule has 0 saturated heterocycles. The number of rotatable bonds is 8. The number of nitrogens with zero attached hydrogens (tertiary/aromatic N) is 6. The number of non-ortho nitro benzene ring substituents is 1. The largest absolute Gasteiger partial charge is 0.332 e. The van der Waals surface area contributed by atoms with Gasteiger partial charge in [0.25, 0.3) is 11.6 Å². The molecule has 9 heteroatoms. The number of carbonyl (C=O) groups is 1. The summed E-state index contributed by atoms with van der Waals surface area (Å²) in [5.41, 5.74) is 2.99. The van der Waals surface area contributed by atoms with Gasteiger partial charge in [0, 0.05) is 43.2 Å². The van der Waals surface area contributed by atoms with Crippen molar-refractivity contribution >= 4 is 11.6 Å². The number of nitro groups is 1. The van der Waals surface area contributed by atoms with Crippen LogP contribution in [-0.4, -0.2) is 37.0 Å². The van der Waals surface area contributed by atoms with Gasteiger partial charge in [-0.2, -0.15) is 10.4 Å². The molecule has 9 nitrogen and oxygen atoms in total. The third-order valence-corrected chi connectivity index (χ3v) is 5.18. The van der Waals surface area contributed by atoms with E-state index in [-0.39, 0.29) is 36.8 Å². The normalized spacial score (nSPS) is 10.4. The van der Waals surface area contributed by atoms with Crippen LogP contribution in [0.3, 0.4) is 0 Å². The Hall–Kier alpha value is -4.84. The first-order chi connectivity index (χ1) is 16.6. The van der Waals surface area contributed by atoms with Gasteiger partial charge in [0.2, 0.25) is 0 Å². The van der Waals surface area contributed by atoms with Crippen LogP contribution in [0.4, 0.5) is 5.69 Å². The Morgan fingerprint density at radius 1 is 1.09 bits per heavy atom. The van der Waals surface area contributed by atoms with Crippen LogP contribution in [0.25, 0.3) is 16.9 Å². The Labute approximate surface area is 195 Å². The summed E-state index contributed by atoms with van der Waals surface area (Å²) in [6, 6.07) is 22.7. The van der Waals surface area contributed by atoms with Gasteiger partial charge in [-0.15, -0.1) is 0 Å². The molecule has 4 aromatic rings. The highest BCUT2D eigenvalue weighted by atomic mass is 16.6. The molecule has 0 radical (unpaired) electrons. The second-order valence-corrected chi connectivity index (χ2v) is 7.46. The van der Waals surface area contributed by atoms with Crippen molar-refractivity contribution in [3.05, 3.63) is 107 Å². The van der Waals surface area contributed by atoms with Crippen LogP contribution < -0.4 is 0 Å². The lowest BCUT2D eigenvalue weighted by molar-refractivity contribution is -0.384. The number of nitriles is 1. The number of hydrogen-bond acceptors (Lipinski definition) is 6. The monoisotopic (exact) mass is 452 g/mol. The molecule has 0 fully saturated rings. The van der Waals surface area contributed by atoms with Crippen LogP contribution in [0.2, 0.25) is 0 Å². The van der Waals surface area contributed by atoms with E-state index in [0.29, 0.717) is 11.4 Å². The number of benzene rings is 2. The van der Waals surface area contributed by atoms with Crippen molar-refractivity contribution < 1.29 is 9.72 Å². The van der Waals surface area contributed by atoms with E-state index < -0.39 is 4.92 Å². The molecule has 2 heterocycles. The molecule has 0 bridgehead atoms. The lowest BCUT2D eigenvalue weighted by atomic mass is 10.1. The number of nitro benzene ring substituents is 1. The second kappa shape index (κ2) is 10.2. The molecular weight excluding hydrogens is 432 g/mol. The van der Waals surface area contributed by atoms with E-state index >= 15 is 0 Å². The maximum atomic E-state index is 13.7. The summed E-state index contributed by atoms with van der Waals surface area (Å²) in [6.07, 6.45) is 3.50. The van der Waals surface area contributed by atoms with Gasteiger partial charge >= 0.3 is 0 Å². The second-order valence-electron chi connectivity index (χ2n) is 7.46. The van der Waals surface area contributed by atoms with E-state index in [2.05, 4.69) is 16.2 Å². The zero-order valence-electron chi connectivity index (χ0n) is 18.1. The first kappa shape index (κ1) is 22.4. The molecule has 0 aliphatic carbocycles. The average molecular weight is 452 g/mol. The van der Waals surface area contributed by atoms with E-state index in [1.807, 2.05) is 36.4 Å². The quantitative estimate of drug-likeness (QED) is 0.289. The zero-order chi connectivity index (χ0) is 23.9. The third kappa shape index (κ3) is 4.97. The highest BCUT2D eigenvalue weighted by Gasteiger charge is 2.23. The van der Waals surface area contributed by atoms with Crippen molar-refractivity contribution in [1.29, 1.82) is 5.26 Å². The SMILES string of the molecule is N#CCCN(Cc1cccnc1)C(=O)c1cc(-c2ccccc2)nn1-c1ccc([N+](=O)[O-])cc1. The smallest absolute Gasteiger partial charge is 0.272 e. The number of aromatic nitrogens is 3. The van der Waals surface area contributed by atoms with Crippen LogP contribution in [0.5, 0.6) is 0 Å². The molecule has 2 aromatic carbocycles.